The molecule has 0 rings (SSSR count). The molecule has 0 aromatic carbocycles. The monoisotopic (exact) mass is 225 g/mol. The number of nitrogens with zero attached hydrogens (tertiary/aromatic N) is 1. The van der Waals surface area contributed by atoms with Gasteiger partial charge in [-0.3, -0.25) is 9.69 Å². The molecule has 0 amide bonds. The number of ether oxygens (including phenoxy) is 1. The Balaban J connectivity index is 4.94. The summed E-state index contributed by atoms with van der Waals surface area (Å²) >= 11 is 0. The van der Waals surface area contributed by atoms with Crippen LogP contribution in [0.4, 0.5) is 0 Å². The number of rotatable bonds is 8. The highest BCUT2D eigenvalue weighted by atomic mass is 16.5. The van der Waals surface area contributed by atoms with E-state index in [2.05, 4.69) is 13.2 Å². The van der Waals surface area contributed by atoms with Crippen LogP contribution in [0, 0.1) is 0 Å². The zero-order chi connectivity index (χ0) is 12.6. The first-order chi connectivity index (χ1) is 7.55. The van der Waals surface area contributed by atoms with E-state index < -0.39 is 5.54 Å². The number of carbonyl (C=O) groups excluding carboxylic acids is 1. The summed E-state index contributed by atoms with van der Waals surface area (Å²) in [6.45, 7) is 7.40. The minimum Gasteiger partial charge on any atom is -0.468 e. The summed E-state index contributed by atoms with van der Waals surface area (Å²) in [6, 6.07) is 0. The average Bonchev–Trinajstić information content (AvgIpc) is 2.28. The molecule has 0 atom stereocenters. The number of likely N-dealkylation sites (N-methyl/N-ethyl adjacent to an activating group) is 1. The number of methoxy groups -OCH3 is 1. The maximum atomic E-state index is 12.0. The first-order valence-electron chi connectivity index (χ1n) is 5.52. The van der Waals surface area contributed by atoms with Gasteiger partial charge in [0.2, 0.25) is 0 Å². The van der Waals surface area contributed by atoms with Crippen molar-refractivity contribution < 1.29 is 9.53 Å². The van der Waals surface area contributed by atoms with Gasteiger partial charge in [-0.15, -0.1) is 13.2 Å². The summed E-state index contributed by atoms with van der Waals surface area (Å²) in [6.07, 6.45) is 6.70. The van der Waals surface area contributed by atoms with Crippen molar-refractivity contribution in [3.8, 4) is 0 Å². The van der Waals surface area contributed by atoms with Gasteiger partial charge >= 0.3 is 5.97 Å². The number of hydrogen-bond donors (Lipinski definition) is 0. The second-order valence-corrected chi connectivity index (χ2v) is 4.07. The molecule has 3 heteroatoms. The van der Waals surface area contributed by atoms with Crippen molar-refractivity contribution in [3.05, 3.63) is 25.3 Å². The third-order valence-corrected chi connectivity index (χ3v) is 2.95. The summed E-state index contributed by atoms with van der Waals surface area (Å²) in [5.41, 5.74) is -0.558. The summed E-state index contributed by atoms with van der Waals surface area (Å²) in [5, 5.41) is 0. The molecule has 0 heterocycles. The van der Waals surface area contributed by atoms with Gasteiger partial charge in [0.1, 0.15) is 5.54 Å². The van der Waals surface area contributed by atoms with E-state index in [-0.39, 0.29) is 5.97 Å². The third kappa shape index (κ3) is 3.49. The summed E-state index contributed by atoms with van der Waals surface area (Å²) in [7, 11) is 5.24. The molecule has 0 unspecified atom stereocenters. The molecule has 92 valence electrons. The van der Waals surface area contributed by atoms with Crippen LogP contribution in [0.3, 0.4) is 0 Å². The molecule has 0 bridgehead atoms. The van der Waals surface area contributed by atoms with E-state index in [4.69, 9.17) is 4.74 Å². The van der Waals surface area contributed by atoms with E-state index in [1.165, 1.54) is 7.11 Å². The van der Waals surface area contributed by atoms with Crippen LogP contribution in [-0.4, -0.2) is 37.6 Å². The van der Waals surface area contributed by atoms with Gasteiger partial charge in [0.25, 0.3) is 0 Å². The second kappa shape index (κ2) is 7.23. The van der Waals surface area contributed by atoms with E-state index in [0.717, 1.165) is 25.7 Å². The number of esters is 1. The van der Waals surface area contributed by atoms with E-state index in [0.29, 0.717) is 0 Å². The van der Waals surface area contributed by atoms with E-state index in [1.54, 1.807) is 0 Å². The molecule has 0 spiro atoms. The quantitative estimate of drug-likeness (QED) is 0.469. The Morgan fingerprint density at radius 2 is 1.69 bits per heavy atom. The largest absolute Gasteiger partial charge is 0.468 e. The van der Waals surface area contributed by atoms with Crippen LogP contribution >= 0.6 is 0 Å². The first-order valence-corrected chi connectivity index (χ1v) is 5.52. The smallest absolute Gasteiger partial charge is 0.326 e. The standard InChI is InChI=1S/C13H23NO2/c1-6-8-10-13(14(3)4,11-9-7-2)12(15)16-5/h6-7H,1-2,8-11H2,3-5H3. The van der Waals surface area contributed by atoms with Crippen LogP contribution in [0.15, 0.2) is 25.3 Å². The van der Waals surface area contributed by atoms with Gasteiger partial charge in [0.15, 0.2) is 0 Å². The molecule has 3 nitrogen and oxygen atoms in total. The van der Waals surface area contributed by atoms with Crippen LogP contribution in [-0.2, 0) is 9.53 Å². The minimum absolute atomic E-state index is 0.179. The number of carbonyl (C=O) groups is 1. The SMILES string of the molecule is C=CCCC(CCC=C)(C(=O)OC)N(C)C. The fourth-order valence-electron chi connectivity index (χ4n) is 1.83. The van der Waals surface area contributed by atoms with Crippen LogP contribution in [0.25, 0.3) is 0 Å². The maximum absolute atomic E-state index is 12.0. The zero-order valence-electron chi connectivity index (χ0n) is 10.7. The highest BCUT2D eigenvalue weighted by molar-refractivity contribution is 5.80. The van der Waals surface area contributed by atoms with E-state index in [1.807, 2.05) is 31.1 Å². The minimum atomic E-state index is -0.558. The highest BCUT2D eigenvalue weighted by Gasteiger charge is 2.40. The summed E-state index contributed by atoms with van der Waals surface area (Å²) < 4.78 is 4.92. The lowest BCUT2D eigenvalue weighted by Crippen LogP contribution is -2.51. The van der Waals surface area contributed by atoms with Crippen LogP contribution in [0.5, 0.6) is 0 Å². The lowest BCUT2D eigenvalue weighted by atomic mass is 9.87. The predicted molar refractivity (Wildman–Crippen MR) is 67.3 cm³/mol. The molecule has 0 aromatic rings. The topological polar surface area (TPSA) is 29.5 Å². The zero-order valence-corrected chi connectivity index (χ0v) is 10.7. The average molecular weight is 225 g/mol. The van der Waals surface area contributed by atoms with Crippen molar-refractivity contribution in [3.63, 3.8) is 0 Å². The molecule has 0 saturated carbocycles. The lowest BCUT2D eigenvalue weighted by molar-refractivity contribution is -0.154. The Hall–Kier alpha value is -1.09. The van der Waals surface area contributed by atoms with Crippen LogP contribution < -0.4 is 0 Å². The van der Waals surface area contributed by atoms with Crippen molar-refractivity contribution in [2.75, 3.05) is 21.2 Å². The Bertz CT molecular complexity index is 234. The van der Waals surface area contributed by atoms with E-state index >= 15 is 0 Å². The molecular weight excluding hydrogens is 202 g/mol. The van der Waals surface area contributed by atoms with Gasteiger partial charge in [-0.05, 0) is 39.8 Å². The first kappa shape index (κ1) is 14.9. The molecule has 0 aliphatic carbocycles. The van der Waals surface area contributed by atoms with E-state index in [9.17, 15) is 4.79 Å². The van der Waals surface area contributed by atoms with Crippen molar-refractivity contribution in [2.45, 2.75) is 31.2 Å². The Morgan fingerprint density at radius 1 is 1.25 bits per heavy atom. The van der Waals surface area contributed by atoms with Crippen molar-refractivity contribution in [2.24, 2.45) is 0 Å². The molecule has 0 aromatic heterocycles. The molecular formula is C13H23NO2. The number of allylic oxidation sites excluding steroid dienone is 2. The Labute approximate surface area is 98.8 Å². The molecule has 16 heavy (non-hydrogen) atoms. The molecule has 0 radical (unpaired) electrons. The van der Waals surface area contributed by atoms with Gasteiger partial charge < -0.3 is 4.74 Å². The van der Waals surface area contributed by atoms with Gasteiger partial charge in [-0.2, -0.15) is 0 Å². The molecule has 0 fully saturated rings. The molecule has 0 aliphatic rings. The van der Waals surface area contributed by atoms with Crippen LogP contribution in [0.1, 0.15) is 25.7 Å². The molecule has 0 aliphatic heterocycles. The molecule has 0 saturated heterocycles. The van der Waals surface area contributed by atoms with Crippen molar-refractivity contribution in [1.29, 1.82) is 0 Å². The predicted octanol–water partition coefficient (Wildman–Crippen LogP) is 2.39. The van der Waals surface area contributed by atoms with Gasteiger partial charge in [0.05, 0.1) is 7.11 Å². The van der Waals surface area contributed by atoms with Gasteiger partial charge in [-0.25, -0.2) is 0 Å². The Kier molecular flexibility index (Phi) is 6.74. The Morgan fingerprint density at radius 3 is 1.94 bits per heavy atom. The lowest BCUT2D eigenvalue weighted by Gasteiger charge is -2.37. The van der Waals surface area contributed by atoms with Gasteiger partial charge in [-0.1, -0.05) is 12.2 Å². The summed E-state index contributed by atoms with van der Waals surface area (Å²) in [4.78, 5) is 13.9. The summed E-state index contributed by atoms with van der Waals surface area (Å²) in [5.74, 6) is -0.179. The number of hydrogen-bond acceptors (Lipinski definition) is 3. The highest BCUT2D eigenvalue weighted by Crippen LogP contribution is 2.27. The fourth-order valence-corrected chi connectivity index (χ4v) is 1.83. The van der Waals surface area contributed by atoms with Gasteiger partial charge in [0, 0.05) is 0 Å². The third-order valence-electron chi connectivity index (χ3n) is 2.95. The maximum Gasteiger partial charge on any atom is 0.326 e. The normalized spacial score (nSPS) is 11.2. The fraction of sp³-hybridized carbons (Fsp3) is 0.615. The van der Waals surface area contributed by atoms with Crippen molar-refractivity contribution in [1.82, 2.24) is 4.90 Å². The second-order valence-electron chi connectivity index (χ2n) is 4.07. The van der Waals surface area contributed by atoms with Crippen molar-refractivity contribution >= 4 is 5.97 Å². The molecule has 0 N–H and O–H groups in total. The van der Waals surface area contributed by atoms with Crippen LogP contribution in [0.2, 0.25) is 0 Å².